The van der Waals surface area contributed by atoms with E-state index in [0.29, 0.717) is 0 Å². The van der Waals surface area contributed by atoms with Crippen LogP contribution in [0.5, 0.6) is 0 Å². The molecule has 1 nitrogen and oxygen atoms in total. The minimum Gasteiger partial charge on any atom is -0.296 e. The summed E-state index contributed by atoms with van der Waals surface area (Å²) >= 11 is 2.01. The first-order chi connectivity index (χ1) is 3.89. The highest BCUT2D eigenvalue weighted by molar-refractivity contribution is 7.99. The molecule has 1 aliphatic heterocycles. The zero-order valence-electron chi connectivity index (χ0n) is 5.98. The zero-order chi connectivity index (χ0) is 6.41. The van der Waals surface area contributed by atoms with Crippen molar-refractivity contribution in [3.8, 4) is 0 Å². The van der Waals surface area contributed by atoms with Gasteiger partial charge in [0.05, 0.1) is 0 Å². The van der Waals surface area contributed by atoms with Gasteiger partial charge in [-0.05, 0) is 7.05 Å². The largest absolute Gasteiger partial charge is 0.296 e. The topological polar surface area (TPSA) is 3.24 Å². The van der Waals surface area contributed by atoms with Gasteiger partial charge in [-0.15, -0.1) is 11.8 Å². The van der Waals surface area contributed by atoms with Crippen molar-refractivity contribution >= 4 is 11.8 Å². The third kappa shape index (κ3) is 3.33. The van der Waals surface area contributed by atoms with Crippen LogP contribution >= 0.6 is 11.8 Å². The Balaban J connectivity index is 0.000000222. The number of thioether (sulfide) groups is 1. The smallest absolute Gasteiger partial charge is 0.0442 e. The van der Waals surface area contributed by atoms with Crippen LogP contribution in [0.3, 0.4) is 0 Å². The van der Waals surface area contributed by atoms with Gasteiger partial charge in [0.2, 0.25) is 0 Å². The predicted octanol–water partition coefficient (Wildman–Crippen LogP) is 1.65. The minimum atomic E-state index is 1.24. The molecule has 2 heteroatoms. The molecule has 0 amide bonds. The van der Waals surface area contributed by atoms with Crippen molar-refractivity contribution in [1.29, 1.82) is 0 Å². The Labute approximate surface area is 56.4 Å². The van der Waals surface area contributed by atoms with Crippen molar-refractivity contribution in [3.05, 3.63) is 0 Å². The summed E-state index contributed by atoms with van der Waals surface area (Å²) in [6, 6.07) is 0. The minimum absolute atomic E-state index is 1.24. The molecule has 0 aliphatic carbocycles. The van der Waals surface area contributed by atoms with Gasteiger partial charge < -0.3 is 0 Å². The molecule has 1 heterocycles. The zero-order valence-corrected chi connectivity index (χ0v) is 6.79. The lowest BCUT2D eigenvalue weighted by Crippen LogP contribution is -2.11. The Bertz CT molecular complexity index is 41.8. The summed E-state index contributed by atoms with van der Waals surface area (Å²) in [5.41, 5.74) is 0. The van der Waals surface area contributed by atoms with E-state index in [9.17, 15) is 0 Å². The highest BCUT2D eigenvalue weighted by Crippen LogP contribution is 2.09. The Morgan fingerprint density at radius 2 is 2.00 bits per heavy atom. The summed E-state index contributed by atoms with van der Waals surface area (Å²) in [4.78, 5) is 2.32. The maximum absolute atomic E-state index is 2.32. The van der Waals surface area contributed by atoms with Gasteiger partial charge >= 0.3 is 0 Å². The van der Waals surface area contributed by atoms with Crippen molar-refractivity contribution in [2.75, 3.05) is 25.2 Å². The highest BCUT2D eigenvalue weighted by Gasteiger charge is 2.03. The lowest BCUT2D eigenvalue weighted by atomic mass is 10.7. The second kappa shape index (κ2) is 5.45. The van der Waals surface area contributed by atoms with E-state index in [1.54, 1.807) is 0 Å². The van der Waals surface area contributed by atoms with Crippen molar-refractivity contribution in [3.63, 3.8) is 0 Å². The maximum atomic E-state index is 2.32. The summed E-state index contributed by atoms with van der Waals surface area (Å²) < 4.78 is 0. The Kier molecular flexibility index (Phi) is 5.66. The normalized spacial score (nSPS) is 19.9. The summed E-state index contributed by atoms with van der Waals surface area (Å²) in [6.07, 6.45) is 0. The lowest BCUT2D eigenvalue weighted by molar-refractivity contribution is 0.438. The van der Waals surface area contributed by atoms with E-state index in [1.165, 1.54) is 18.2 Å². The number of hydrogen-bond donors (Lipinski definition) is 0. The van der Waals surface area contributed by atoms with Gasteiger partial charge in [0.1, 0.15) is 0 Å². The molecule has 0 saturated carbocycles. The van der Waals surface area contributed by atoms with Crippen LogP contribution in [0, 0.1) is 0 Å². The molecule has 0 bridgehead atoms. The molecule has 1 aliphatic rings. The second-order valence-electron chi connectivity index (χ2n) is 1.62. The molecule has 50 valence electrons. The Morgan fingerprint density at radius 3 is 2.12 bits per heavy atom. The van der Waals surface area contributed by atoms with Crippen molar-refractivity contribution in [2.24, 2.45) is 0 Å². The molecule has 0 aromatic carbocycles. The first-order valence-corrected chi connectivity index (χ1v) is 4.31. The van der Waals surface area contributed by atoms with Crippen molar-refractivity contribution in [1.82, 2.24) is 4.90 Å². The predicted molar refractivity (Wildman–Crippen MR) is 41.3 cm³/mol. The molecule has 0 aromatic rings. The summed E-state index contributed by atoms with van der Waals surface area (Å²) in [5, 5.41) is 0. The third-order valence-electron chi connectivity index (χ3n) is 0.929. The van der Waals surface area contributed by atoms with Gasteiger partial charge in [-0.2, -0.15) is 0 Å². The summed E-state index contributed by atoms with van der Waals surface area (Å²) in [7, 11) is 2.15. The molecule has 1 fully saturated rings. The van der Waals surface area contributed by atoms with Gasteiger partial charge in [0.15, 0.2) is 0 Å². The molecule has 0 aromatic heterocycles. The Morgan fingerprint density at radius 1 is 1.38 bits per heavy atom. The SMILES string of the molecule is CC.CN1CCSC1. The van der Waals surface area contributed by atoms with E-state index in [0.717, 1.165) is 0 Å². The number of nitrogens with zero attached hydrogens (tertiary/aromatic N) is 1. The molecule has 1 saturated heterocycles. The van der Waals surface area contributed by atoms with Crippen LogP contribution in [-0.2, 0) is 0 Å². The standard InChI is InChI=1S/C4H9NS.C2H6/c1-5-2-3-6-4-5;1-2/h2-4H2,1H3;1-2H3. The quantitative estimate of drug-likeness (QED) is 0.494. The molecule has 0 unspecified atom stereocenters. The van der Waals surface area contributed by atoms with Crippen LogP contribution in [0.25, 0.3) is 0 Å². The van der Waals surface area contributed by atoms with E-state index >= 15 is 0 Å². The first-order valence-electron chi connectivity index (χ1n) is 3.16. The van der Waals surface area contributed by atoms with Gasteiger partial charge in [-0.25, -0.2) is 0 Å². The van der Waals surface area contributed by atoms with Crippen LogP contribution in [0.15, 0.2) is 0 Å². The average Bonchev–Trinajstić information content (AvgIpc) is 2.24. The van der Waals surface area contributed by atoms with Crippen molar-refractivity contribution in [2.45, 2.75) is 13.8 Å². The van der Waals surface area contributed by atoms with Crippen LogP contribution < -0.4 is 0 Å². The van der Waals surface area contributed by atoms with E-state index in [4.69, 9.17) is 0 Å². The highest BCUT2D eigenvalue weighted by atomic mass is 32.2. The molecule has 8 heavy (non-hydrogen) atoms. The van der Waals surface area contributed by atoms with Crippen molar-refractivity contribution < 1.29 is 0 Å². The fourth-order valence-corrected chi connectivity index (χ4v) is 1.52. The monoisotopic (exact) mass is 133 g/mol. The third-order valence-corrected chi connectivity index (χ3v) is 2.02. The molecule has 0 spiro atoms. The van der Waals surface area contributed by atoms with E-state index in [1.807, 2.05) is 25.6 Å². The second-order valence-corrected chi connectivity index (χ2v) is 2.69. The first kappa shape index (κ1) is 8.31. The fourth-order valence-electron chi connectivity index (χ4n) is 0.505. The Hall–Kier alpha value is 0.310. The maximum Gasteiger partial charge on any atom is 0.0442 e. The van der Waals surface area contributed by atoms with Crippen LogP contribution in [-0.4, -0.2) is 30.1 Å². The molecule has 0 N–H and O–H groups in total. The fraction of sp³-hybridized carbons (Fsp3) is 1.00. The number of rotatable bonds is 0. The summed E-state index contributed by atoms with van der Waals surface area (Å²) in [6.45, 7) is 5.28. The van der Waals surface area contributed by atoms with Crippen LogP contribution in [0.4, 0.5) is 0 Å². The van der Waals surface area contributed by atoms with Crippen LogP contribution in [0.2, 0.25) is 0 Å². The van der Waals surface area contributed by atoms with E-state index < -0.39 is 0 Å². The molecular weight excluding hydrogens is 118 g/mol. The lowest BCUT2D eigenvalue weighted by Gasteiger charge is -1.99. The van der Waals surface area contributed by atoms with Gasteiger partial charge in [0, 0.05) is 18.2 Å². The summed E-state index contributed by atoms with van der Waals surface area (Å²) in [5.74, 6) is 2.57. The van der Waals surface area contributed by atoms with Gasteiger partial charge in [-0.1, -0.05) is 13.8 Å². The van der Waals surface area contributed by atoms with E-state index in [-0.39, 0.29) is 0 Å². The molecule has 1 rings (SSSR count). The van der Waals surface area contributed by atoms with E-state index in [2.05, 4.69) is 11.9 Å². The van der Waals surface area contributed by atoms with Gasteiger partial charge in [0.25, 0.3) is 0 Å². The average molecular weight is 133 g/mol. The van der Waals surface area contributed by atoms with Gasteiger partial charge in [-0.3, -0.25) is 4.90 Å². The molecular formula is C6H15NS. The number of hydrogen-bond acceptors (Lipinski definition) is 2. The molecule has 0 atom stereocenters. The van der Waals surface area contributed by atoms with Crippen LogP contribution in [0.1, 0.15) is 13.8 Å². The molecule has 0 radical (unpaired) electrons.